The third-order valence-electron chi connectivity index (χ3n) is 2.38. The molecule has 2 rings (SSSR count). The monoisotopic (exact) mass is 252 g/mol. The fraction of sp³-hybridized carbons (Fsp3) is 0.222. The maximum absolute atomic E-state index is 12.0. The molecule has 0 saturated carbocycles. The van der Waals surface area contributed by atoms with Gasteiger partial charge in [0.25, 0.3) is 15.9 Å². The van der Waals surface area contributed by atoms with Gasteiger partial charge in [0.05, 0.1) is 5.56 Å². The van der Waals surface area contributed by atoms with E-state index in [-0.39, 0.29) is 23.5 Å². The lowest BCUT2D eigenvalue weighted by atomic mass is 10.2. The molecule has 7 nitrogen and oxygen atoms in total. The fourth-order valence-electron chi connectivity index (χ4n) is 1.63. The number of fused-ring (bicyclic) bond motifs is 1. The smallest absolute Gasteiger partial charge is 0.268 e. The SMILES string of the molecule is [N-]=[N+]=NCCN1C(=O)c2ccccc2S1(=O)=O. The van der Waals surface area contributed by atoms with Gasteiger partial charge in [-0.25, -0.2) is 12.7 Å². The molecule has 0 aromatic heterocycles. The first-order valence-electron chi connectivity index (χ1n) is 4.76. The summed E-state index contributed by atoms with van der Waals surface area (Å²) in [4.78, 5) is 14.3. The predicted octanol–water partition coefficient (Wildman–Crippen LogP) is 1.14. The summed E-state index contributed by atoms with van der Waals surface area (Å²) in [5.74, 6) is -0.575. The molecule has 0 fully saturated rings. The van der Waals surface area contributed by atoms with Crippen LogP contribution in [0.3, 0.4) is 0 Å². The molecule has 1 heterocycles. The fourth-order valence-corrected chi connectivity index (χ4v) is 3.19. The van der Waals surface area contributed by atoms with Crippen molar-refractivity contribution in [3.63, 3.8) is 0 Å². The molecule has 1 aromatic rings. The Morgan fingerprint density at radius 3 is 2.71 bits per heavy atom. The number of sulfonamides is 1. The number of benzene rings is 1. The maximum Gasteiger partial charge on any atom is 0.269 e. The summed E-state index contributed by atoms with van der Waals surface area (Å²) in [6, 6.07) is 6.00. The van der Waals surface area contributed by atoms with Crippen molar-refractivity contribution in [3.8, 4) is 0 Å². The number of nitrogens with zero attached hydrogens (tertiary/aromatic N) is 4. The van der Waals surface area contributed by atoms with Crippen molar-refractivity contribution >= 4 is 15.9 Å². The van der Waals surface area contributed by atoms with Crippen LogP contribution in [0, 0.1) is 0 Å². The Labute approximate surface area is 97.3 Å². The molecule has 0 N–H and O–H groups in total. The van der Waals surface area contributed by atoms with E-state index < -0.39 is 15.9 Å². The van der Waals surface area contributed by atoms with Gasteiger partial charge in [0.1, 0.15) is 4.90 Å². The Morgan fingerprint density at radius 1 is 1.35 bits per heavy atom. The Balaban J connectivity index is 2.40. The largest absolute Gasteiger partial charge is 0.269 e. The van der Waals surface area contributed by atoms with Crippen LogP contribution in [0.15, 0.2) is 34.3 Å². The normalized spacial score (nSPS) is 16.5. The molecular weight excluding hydrogens is 244 g/mol. The second-order valence-electron chi connectivity index (χ2n) is 3.33. The van der Waals surface area contributed by atoms with Crippen LogP contribution in [0.25, 0.3) is 10.4 Å². The molecule has 17 heavy (non-hydrogen) atoms. The van der Waals surface area contributed by atoms with Gasteiger partial charge < -0.3 is 0 Å². The van der Waals surface area contributed by atoms with E-state index in [1.54, 1.807) is 12.1 Å². The third kappa shape index (κ3) is 1.73. The average Bonchev–Trinajstić information content (AvgIpc) is 2.51. The van der Waals surface area contributed by atoms with Gasteiger partial charge in [0.2, 0.25) is 0 Å². The molecule has 8 heteroatoms. The van der Waals surface area contributed by atoms with Gasteiger partial charge in [0, 0.05) is 18.0 Å². The third-order valence-corrected chi connectivity index (χ3v) is 4.22. The Hall–Kier alpha value is -2.05. The standard InChI is InChI=1S/C9H8N4O3S/c10-12-11-5-6-13-9(14)7-3-1-2-4-8(7)17(13,15)16/h1-4H,5-6H2. The van der Waals surface area contributed by atoms with Gasteiger partial charge in [-0.2, -0.15) is 0 Å². The van der Waals surface area contributed by atoms with Crippen LogP contribution < -0.4 is 0 Å². The number of carbonyl (C=O) groups is 1. The summed E-state index contributed by atoms with van der Waals surface area (Å²) in [7, 11) is -3.78. The highest BCUT2D eigenvalue weighted by molar-refractivity contribution is 7.90. The van der Waals surface area contributed by atoms with Gasteiger partial charge >= 0.3 is 0 Å². The highest BCUT2D eigenvalue weighted by Crippen LogP contribution is 2.29. The van der Waals surface area contributed by atoms with Crippen LogP contribution >= 0.6 is 0 Å². The van der Waals surface area contributed by atoms with E-state index >= 15 is 0 Å². The highest BCUT2D eigenvalue weighted by atomic mass is 32.2. The van der Waals surface area contributed by atoms with Crippen LogP contribution in [0.2, 0.25) is 0 Å². The van der Waals surface area contributed by atoms with Crippen molar-refractivity contribution in [3.05, 3.63) is 40.3 Å². The number of rotatable bonds is 3. The van der Waals surface area contributed by atoms with Crippen molar-refractivity contribution in [1.82, 2.24) is 4.31 Å². The molecule has 0 bridgehead atoms. The maximum atomic E-state index is 12.0. The molecule has 1 amide bonds. The number of hydrogen-bond donors (Lipinski definition) is 0. The van der Waals surface area contributed by atoms with Crippen molar-refractivity contribution < 1.29 is 13.2 Å². The van der Waals surface area contributed by atoms with Crippen LogP contribution in [0.1, 0.15) is 10.4 Å². The number of amides is 1. The molecule has 1 aliphatic heterocycles. The van der Waals surface area contributed by atoms with Gasteiger partial charge in [-0.15, -0.1) is 0 Å². The molecule has 1 aliphatic rings. The topological polar surface area (TPSA) is 103 Å². The summed E-state index contributed by atoms with van der Waals surface area (Å²) >= 11 is 0. The molecule has 88 valence electrons. The van der Waals surface area contributed by atoms with Crippen LogP contribution in [-0.2, 0) is 10.0 Å². The first kappa shape index (κ1) is 11.4. The minimum atomic E-state index is -3.78. The van der Waals surface area contributed by atoms with E-state index in [0.717, 1.165) is 4.31 Å². The molecular formula is C9H8N4O3S. The molecule has 0 aliphatic carbocycles. The second kappa shape index (κ2) is 4.08. The lowest BCUT2D eigenvalue weighted by molar-refractivity contribution is 0.0873. The lowest BCUT2D eigenvalue weighted by Gasteiger charge is -2.12. The molecule has 0 unspecified atom stereocenters. The number of azide groups is 1. The number of hydrogen-bond acceptors (Lipinski definition) is 4. The molecule has 0 saturated heterocycles. The molecule has 1 aromatic carbocycles. The summed E-state index contributed by atoms with van der Waals surface area (Å²) in [5.41, 5.74) is 8.28. The Bertz CT molecular complexity index is 619. The lowest BCUT2D eigenvalue weighted by Crippen LogP contribution is -2.32. The van der Waals surface area contributed by atoms with E-state index in [0.29, 0.717) is 0 Å². The second-order valence-corrected chi connectivity index (χ2v) is 5.16. The van der Waals surface area contributed by atoms with E-state index in [1.165, 1.54) is 12.1 Å². The van der Waals surface area contributed by atoms with Gasteiger partial charge in [-0.1, -0.05) is 17.2 Å². The minimum absolute atomic E-state index is 0.00550. The zero-order valence-electron chi connectivity index (χ0n) is 8.65. The first-order valence-corrected chi connectivity index (χ1v) is 6.20. The Kier molecular flexibility index (Phi) is 2.74. The van der Waals surface area contributed by atoms with Gasteiger partial charge in [-0.05, 0) is 17.7 Å². The summed E-state index contributed by atoms with van der Waals surface area (Å²) in [6.45, 7) is -0.213. The average molecular weight is 252 g/mol. The summed E-state index contributed by atoms with van der Waals surface area (Å²) < 4.78 is 24.6. The van der Waals surface area contributed by atoms with Crippen LogP contribution in [0.5, 0.6) is 0 Å². The zero-order valence-corrected chi connectivity index (χ0v) is 9.46. The minimum Gasteiger partial charge on any atom is -0.268 e. The van der Waals surface area contributed by atoms with E-state index in [1.807, 2.05) is 0 Å². The number of carbonyl (C=O) groups excluding carboxylic acids is 1. The van der Waals surface area contributed by atoms with E-state index in [4.69, 9.17) is 5.53 Å². The highest BCUT2D eigenvalue weighted by Gasteiger charge is 2.40. The predicted molar refractivity (Wildman–Crippen MR) is 58.7 cm³/mol. The molecule has 0 atom stereocenters. The van der Waals surface area contributed by atoms with Crippen LogP contribution in [0.4, 0.5) is 0 Å². The quantitative estimate of drug-likeness (QED) is 0.457. The van der Waals surface area contributed by atoms with Gasteiger partial charge in [-0.3, -0.25) is 4.79 Å². The van der Waals surface area contributed by atoms with Crippen molar-refractivity contribution in [2.24, 2.45) is 5.11 Å². The van der Waals surface area contributed by atoms with Crippen molar-refractivity contribution in [2.75, 3.05) is 13.1 Å². The zero-order chi connectivity index (χ0) is 12.5. The molecule has 0 spiro atoms. The van der Waals surface area contributed by atoms with E-state index in [2.05, 4.69) is 10.0 Å². The van der Waals surface area contributed by atoms with Gasteiger partial charge in [0.15, 0.2) is 0 Å². The molecule has 0 radical (unpaired) electrons. The summed E-state index contributed by atoms with van der Waals surface area (Å²) in [6.07, 6.45) is 0. The van der Waals surface area contributed by atoms with Crippen LogP contribution in [-0.4, -0.2) is 31.7 Å². The van der Waals surface area contributed by atoms with E-state index in [9.17, 15) is 13.2 Å². The van der Waals surface area contributed by atoms with Crippen molar-refractivity contribution in [2.45, 2.75) is 4.90 Å². The Morgan fingerprint density at radius 2 is 2.06 bits per heavy atom. The van der Waals surface area contributed by atoms with Crippen molar-refractivity contribution in [1.29, 1.82) is 0 Å². The first-order chi connectivity index (χ1) is 8.09. The summed E-state index contributed by atoms with van der Waals surface area (Å²) in [5, 5.41) is 3.22.